The van der Waals surface area contributed by atoms with Crippen LogP contribution in [0, 0.1) is 0 Å². The number of alkyl halides is 3. The van der Waals surface area contributed by atoms with Crippen LogP contribution in [-0.2, 0) is 6.54 Å². The van der Waals surface area contributed by atoms with Gasteiger partial charge in [0.15, 0.2) is 5.96 Å². The van der Waals surface area contributed by atoms with Gasteiger partial charge in [-0.15, -0.1) is 0 Å². The van der Waals surface area contributed by atoms with E-state index in [2.05, 4.69) is 15.6 Å². The number of ether oxygens (including phenoxy) is 2. The molecule has 0 saturated carbocycles. The van der Waals surface area contributed by atoms with Crippen LogP contribution < -0.4 is 20.1 Å². The van der Waals surface area contributed by atoms with Gasteiger partial charge in [-0.05, 0) is 26.1 Å². The van der Waals surface area contributed by atoms with Gasteiger partial charge in [0.05, 0.1) is 27.3 Å². The second-order valence-corrected chi connectivity index (χ2v) is 5.65. The molecular weight excluding hydrogens is 349 g/mol. The zero-order valence-corrected chi connectivity index (χ0v) is 15.6. The Morgan fingerprint density at radius 2 is 1.92 bits per heavy atom. The molecule has 0 radical (unpaired) electrons. The standard InChI is InChI=1S/C17H27F3N4O2/c1-5-21-16(22-8-9-24(2)12-17(18,19)20)23-11-13-6-7-14(25-3)10-15(13)26-4/h6-7,10H,5,8-9,11-12H2,1-4H3,(H2,21,22,23). The summed E-state index contributed by atoms with van der Waals surface area (Å²) in [6.07, 6.45) is -4.20. The molecule has 0 aliphatic rings. The lowest BCUT2D eigenvalue weighted by molar-refractivity contribution is -0.142. The van der Waals surface area contributed by atoms with Gasteiger partial charge >= 0.3 is 6.18 Å². The topological polar surface area (TPSA) is 58.1 Å². The minimum atomic E-state index is -4.20. The third-order valence-electron chi connectivity index (χ3n) is 3.48. The summed E-state index contributed by atoms with van der Waals surface area (Å²) in [5, 5.41) is 6.10. The zero-order valence-electron chi connectivity index (χ0n) is 15.6. The summed E-state index contributed by atoms with van der Waals surface area (Å²) < 4.78 is 47.5. The van der Waals surface area contributed by atoms with Crippen molar-refractivity contribution in [2.45, 2.75) is 19.6 Å². The smallest absolute Gasteiger partial charge is 0.401 e. The maximum absolute atomic E-state index is 12.3. The Bertz CT molecular complexity index is 580. The maximum atomic E-state index is 12.3. The van der Waals surface area contributed by atoms with E-state index in [1.807, 2.05) is 19.1 Å². The lowest BCUT2D eigenvalue weighted by Gasteiger charge is -2.19. The largest absolute Gasteiger partial charge is 0.497 e. The Balaban J connectivity index is 2.63. The summed E-state index contributed by atoms with van der Waals surface area (Å²) in [4.78, 5) is 5.66. The van der Waals surface area contributed by atoms with Crippen LogP contribution >= 0.6 is 0 Å². The van der Waals surface area contributed by atoms with Gasteiger partial charge in [0, 0.05) is 31.3 Å². The number of likely N-dealkylation sites (N-methyl/N-ethyl adjacent to an activating group) is 1. The van der Waals surface area contributed by atoms with Crippen LogP contribution in [0.2, 0.25) is 0 Å². The van der Waals surface area contributed by atoms with E-state index in [0.29, 0.717) is 37.1 Å². The van der Waals surface area contributed by atoms with Gasteiger partial charge in [0.2, 0.25) is 0 Å². The predicted octanol–water partition coefficient (Wildman–Crippen LogP) is 2.25. The Morgan fingerprint density at radius 3 is 2.50 bits per heavy atom. The van der Waals surface area contributed by atoms with Gasteiger partial charge in [-0.25, -0.2) is 4.99 Å². The van der Waals surface area contributed by atoms with E-state index in [9.17, 15) is 13.2 Å². The molecule has 1 aromatic rings. The number of nitrogens with one attached hydrogen (secondary N) is 2. The number of hydrogen-bond donors (Lipinski definition) is 2. The first kappa shape index (κ1) is 21.9. The lowest BCUT2D eigenvalue weighted by Crippen LogP contribution is -2.42. The summed E-state index contributed by atoms with van der Waals surface area (Å²) in [7, 11) is 4.58. The molecule has 1 aromatic carbocycles. The van der Waals surface area contributed by atoms with Gasteiger partial charge in [-0.3, -0.25) is 4.90 Å². The number of methoxy groups -OCH3 is 2. The molecular formula is C17H27F3N4O2. The average Bonchev–Trinajstić information content (AvgIpc) is 2.57. The van der Waals surface area contributed by atoms with E-state index in [-0.39, 0.29) is 6.54 Å². The fourth-order valence-electron chi connectivity index (χ4n) is 2.24. The van der Waals surface area contributed by atoms with Crippen LogP contribution in [0.25, 0.3) is 0 Å². The van der Waals surface area contributed by atoms with Gasteiger partial charge in [0.25, 0.3) is 0 Å². The first-order valence-electron chi connectivity index (χ1n) is 8.27. The summed E-state index contributed by atoms with van der Waals surface area (Å²) >= 11 is 0. The summed E-state index contributed by atoms with van der Waals surface area (Å²) in [6.45, 7) is 2.57. The van der Waals surface area contributed by atoms with Crippen molar-refractivity contribution >= 4 is 5.96 Å². The third-order valence-corrected chi connectivity index (χ3v) is 3.48. The van der Waals surface area contributed by atoms with Crippen LogP contribution in [0.5, 0.6) is 11.5 Å². The monoisotopic (exact) mass is 376 g/mol. The molecule has 0 saturated heterocycles. The molecule has 6 nitrogen and oxygen atoms in total. The summed E-state index contributed by atoms with van der Waals surface area (Å²) in [5.74, 6) is 1.88. The minimum Gasteiger partial charge on any atom is -0.497 e. The van der Waals surface area contributed by atoms with Crippen LogP contribution in [0.15, 0.2) is 23.2 Å². The number of nitrogens with zero attached hydrogens (tertiary/aromatic N) is 2. The molecule has 0 aliphatic carbocycles. The van der Waals surface area contributed by atoms with Crippen LogP contribution in [0.3, 0.4) is 0 Å². The first-order valence-corrected chi connectivity index (χ1v) is 8.27. The minimum absolute atomic E-state index is 0.246. The van der Waals surface area contributed by atoms with Gasteiger partial charge in [0.1, 0.15) is 11.5 Å². The van der Waals surface area contributed by atoms with Crippen LogP contribution in [0.1, 0.15) is 12.5 Å². The molecule has 1 rings (SSSR count). The highest BCUT2D eigenvalue weighted by Crippen LogP contribution is 2.25. The predicted molar refractivity (Wildman–Crippen MR) is 95.9 cm³/mol. The van der Waals surface area contributed by atoms with Crippen molar-refractivity contribution in [1.82, 2.24) is 15.5 Å². The van der Waals surface area contributed by atoms with E-state index < -0.39 is 12.7 Å². The number of benzene rings is 1. The molecule has 0 fully saturated rings. The molecule has 26 heavy (non-hydrogen) atoms. The van der Waals surface area contributed by atoms with Gasteiger partial charge in [-0.2, -0.15) is 13.2 Å². The molecule has 2 N–H and O–H groups in total. The first-order chi connectivity index (χ1) is 12.3. The zero-order chi connectivity index (χ0) is 19.6. The van der Waals surface area contributed by atoms with E-state index >= 15 is 0 Å². The van der Waals surface area contributed by atoms with Crippen molar-refractivity contribution in [1.29, 1.82) is 0 Å². The number of halogens is 3. The second-order valence-electron chi connectivity index (χ2n) is 5.65. The molecule has 0 unspecified atom stereocenters. The highest BCUT2D eigenvalue weighted by molar-refractivity contribution is 5.79. The van der Waals surface area contributed by atoms with E-state index in [1.165, 1.54) is 11.9 Å². The van der Waals surface area contributed by atoms with Crippen molar-refractivity contribution in [2.75, 3.05) is 47.4 Å². The van der Waals surface area contributed by atoms with Crippen molar-refractivity contribution in [3.05, 3.63) is 23.8 Å². The van der Waals surface area contributed by atoms with Crippen molar-refractivity contribution < 1.29 is 22.6 Å². The van der Waals surface area contributed by atoms with Crippen molar-refractivity contribution in [3.63, 3.8) is 0 Å². The molecule has 9 heteroatoms. The van der Waals surface area contributed by atoms with Gasteiger partial charge in [-0.1, -0.05) is 0 Å². The fourth-order valence-corrected chi connectivity index (χ4v) is 2.24. The Kier molecular flexibility index (Phi) is 9.04. The molecule has 0 aromatic heterocycles. The number of guanidine groups is 1. The molecule has 148 valence electrons. The highest BCUT2D eigenvalue weighted by Gasteiger charge is 2.28. The summed E-state index contributed by atoms with van der Waals surface area (Å²) in [6, 6.07) is 5.46. The fraction of sp³-hybridized carbons (Fsp3) is 0.588. The van der Waals surface area contributed by atoms with Gasteiger partial charge < -0.3 is 20.1 Å². The summed E-state index contributed by atoms with van der Waals surface area (Å²) in [5.41, 5.74) is 0.875. The normalized spacial score (nSPS) is 12.2. The molecule has 0 bridgehead atoms. The molecule has 0 heterocycles. The number of rotatable bonds is 9. The highest BCUT2D eigenvalue weighted by atomic mass is 19.4. The number of hydrogen-bond acceptors (Lipinski definition) is 4. The lowest BCUT2D eigenvalue weighted by atomic mass is 10.2. The second kappa shape index (κ2) is 10.7. The molecule has 0 aliphatic heterocycles. The maximum Gasteiger partial charge on any atom is 0.401 e. The molecule has 0 spiro atoms. The van der Waals surface area contributed by atoms with E-state index in [1.54, 1.807) is 20.3 Å². The quantitative estimate of drug-likeness (QED) is 0.511. The van der Waals surface area contributed by atoms with E-state index in [0.717, 1.165) is 5.56 Å². The number of aliphatic imine (C=N–C) groups is 1. The average molecular weight is 376 g/mol. The third kappa shape index (κ3) is 8.28. The molecule has 0 atom stereocenters. The van der Waals surface area contributed by atoms with Crippen molar-refractivity contribution in [3.8, 4) is 11.5 Å². The van der Waals surface area contributed by atoms with E-state index in [4.69, 9.17) is 9.47 Å². The Labute approximate surface area is 152 Å². The Morgan fingerprint density at radius 1 is 1.19 bits per heavy atom. The van der Waals surface area contributed by atoms with Crippen molar-refractivity contribution in [2.24, 2.45) is 4.99 Å². The molecule has 0 amide bonds. The van der Waals surface area contributed by atoms with Crippen LogP contribution in [0.4, 0.5) is 13.2 Å². The Hall–Kier alpha value is -2.16. The SMILES string of the molecule is CCNC(=NCc1ccc(OC)cc1OC)NCCN(C)CC(F)(F)F. The van der Waals surface area contributed by atoms with Crippen LogP contribution in [-0.4, -0.2) is 64.5 Å².